The second-order valence-electron chi connectivity index (χ2n) is 10.8. The molecule has 44 heavy (non-hydrogen) atoms. The van der Waals surface area contributed by atoms with E-state index in [1.165, 1.54) is 5.56 Å². The molecule has 3 atom stereocenters. The van der Waals surface area contributed by atoms with E-state index >= 15 is 0 Å². The van der Waals surface area contributed by atoms with Gasteiger partial charge in [0.2, 0.25) is 11.8 Å². The molecular weight excluding hydrogens is 552 g/mol. The minimum atomic E-state index is 0.160. The van der Waals surface area contributed by atoms with E-state index in [1.807, 2.05) is 54.6 Å². The highest BCUT2D eigenvalue weighted by atomic mass is 16.5. The molecule has 1 saturated carbocycles. The first kappa shape index (κ1) is 32.7. The largest absolute Gasteiger partial charge is 0.478 e. The van der Waals surface area contributed by atoms with Gasteiger partial charge in [-0.05, 0) is 37.7 Å². The molecule has 0 aliphatic heterocycles. The molecule has 0 radical (unpaired) electrons. The Labute approximate surface area is 262 Å². The van der Waals surface area contributed by atoms with Gasteiger partial charge in [0.15, 0.2) is 0 Å². The standard InChI is InChI=1S/C30H40N4O4.C6H6/c1-5-14-35-26-19-24(31-29(33-26)37-16-7-3)22-18-23(28(22)21-12-10-9-11-13-21)25-20-27(36-15-6-2)34-30(32-25)38-17-8-4;1-2-4-6-5-3-1/h9-13,19-20,22-23,28H,5-8,14-18H2,1-4H3;1-6H/t22-,23+,28?;. The van der Waals surface area contributed by atoms with Crippen LogP contribution >= 0.6 is 0 Å². The molecule has 1 aliphatic rings. The zero-order chi connectivity index (χ0) is 31.0. The van der Waals surface area contributed by atoms with Crippen LogP contribution in [0.15, 0.2) is 78.9 Å². The van der Waals surface area contributed by atoms with Gasteiger partial charge < -0.3 is 18.9 Å². The SMILES string of the molecule is CCCOc1cc([C@H]2C[C@@H](c3cc(OCCC)nc(OCCC)n3)C2c2ccccc2)nc(OCCC)n1.c1ccccc1. The van der Waals surface area contributed by atoms with Crippen molar-refractivity contribution < 1.29 is 18.9 Å². The van der Waals surface area contributed by atoms with Crippen molar-refractivity contribution in [2.45, 2.75) is 77.6 Å². The van der Waals surface area contributed by atoms with Crippen molar-refractivity contribution in [3.8, 4) is 23.8 Å². The smallest absolute Gasteiger partial charge is 0.319 e. The molecule has 8 heteroatoms. The fourth-order valence-electron chi connectivity index (χ4n) is 5.08. The monoisotopic (exact) mass is 598 g/mol. The quantitative estimate of drug-likeness (QED) is 0.135. The van der Waals surface area contributed by atoms with Gasteiger partial charge in [0.05, 0.1) is 37.8 Å². The third-order valence-electron chi connectivity index (χ3n) is 7.17. The van der Waals surface area contributed by atoms with Crippen molar-refractivity contribution in [3.63, 3.8) is 0 Å². The Morgan fingerprint density at radius 1 is 0.523 bits per heavy atom. The highest BCUT2D eigenvalue weighted by Crippen LogP contribution is 2.58. The summed E-state index contributed by atoms with van der Waals surface area (Å²) in [5.74, 6) is 1.61. The summed E-state index contributed by atoms with van der Waals surface area (Å²) in [6.07, 6.45) is 4.45. The predicted octanol–water partition coefficient (Wildman–Crippen LogP) is 8.16. The molecule has 2 aromatic heterocycles. The molecule has 2 aromatic carbocycles. The van der Waals surface area contributed by atoms with Crippen LogP contribution in [-0.2, 0) is 0 Å². The van der Waals surface area contributed by atoms with E-state index in [9.17, 15) is 0 Å². The molecule has 4 aromatic rings. The Balaban J connectivity index is 0.000000657. The zero-order valence-corrected chi connectivity index (χ0v) is 26.5. The molecule has 0 saturated heterocycles. The summed E-state index contributed by atoms with van der Waals surface area (Å²) in [7, 11) is 0. The zero-order valence-electron chi connectivity index (χ0n) is 26.5. The first-order valence-corrected chi connectivity index (χ1v) is 16.0. The predicted molar refractivity (Wildman–Crippen MR) is 173 cm³/mol. The lowest BCUT2D eigenvalue weighted by atomic mass is 9.59. The molecule has 0 amide bonds. The summed E-state index contributed by atoms with van der Waals surface area (Å²) in [6.45, 7) is 10.6. The van der Waals surface area contributed by atoms with Crippen LogP contribution in [0.1, 0.15) is 94.5 Å². The van der Waals surface area contributed by atoms with Gasteiger partial charge in [-0.25, -0.2) is 0 Å². The molecule has 0 N–H and O–H groups in total. The first-order valence-electron chi connectivity index (χ1n) is 16.0. The summed E-state index contributed by atoms with van der Waals surface area (Å²) < 4.78 is 23.5. The molecule has 1 unspecified atom stereocenters. The highest BCUT2D eigenvalue weighted by Gasteiger charge is 2.46. The average Bonchev–Trinajstić information content (AvgIpc) is 3.05. The summed E-state index contributed by atoms with van der Waals surface area (Å²) in [5.41, 5.74) is 3.10. The Bertz CT molecular complexity index is 1220. The summed E-state index contributed by atoms with van der Waals surface area (Å²) in [5, 5.41) is 0. The number of hydrogen-bond donors (Lipinski definition) is 0. The Hall–Kier alpha value is -4.20. The van der Waals surface area contributed by atoms with Crippen molar-refractivity contribution in [2.75, 3.05) is 26.4 Å². The third-order valence-corrected chi connectivity index (χ3v) is 7.17. The Morgan fingerprint density at radius 2 is 0.909 bits per heavy atom. The fraction of sp³-hybridized carbons (Fsp3) is 0.444. The lowest BCUT2D eigenvalue weighted by Gasteiger charge is -2.44. The van der Waals surface area contributed by atoms with Gasteiger partial charge in [-0.1, -0.05) is 94.4 Å². The maximum absolute atomic E-state index is 5.91. The number of rotatable bonds is 15. The van der Waals surface area contributed by atoms with E-state index in [4.69, 9.17) is 28.9 Å². The van der Waals surface area contributed by atoms with Gasteiger partial charge in [-0.3, -0.25) is 0 Å². The van der Waals surface area contributed by atoms with Crippen LogP contribution in [0.25, 0.3) is 0 Å². The molecule has 8 nitrogen and oxygen atoms in total. The second kappa shape index (κ2) is 17.8. The first-order chi connectivity index (χ1) is 21.7. The Kier molecular flexibility index (Phi) is 13.2. The molecule has 1 fully saturated rings. The van der Waals surface area contributed by atoms with E-state index in [2.05, 4.69) is 61.9 Å². The molecule has 234 valence electrons. The highest BCUT2D eigenvalue weighted by molar-refractivity contribution is 5.39. The van der Waals surface area contributed by atoms with Gasteiger partial charge in [-0.2, -0.15) is 19.9 Å². The molecule has 2 heterocycles. The fourth-order valence-corrected chi connectivity index (χ4v) is 5.08. The van der Waals surface area contributed by atoms with Gasteiger partial charge in [0.1, 0.15) is 0 Å². The van der Waals surface area contributed by atoms with E-state index in [0.29, 0.717) is 50.2 Å². The van der Waals surface area contributed by atoms with E-state index in [1.54, 1.807) is 0 Å². The molecule has 0 spiro atoms. The molecule has 0 bridgehead atoms. The maximum Gasteiger partial charge on any atom is 0.319 e. The van der Waals surface area contributed by atoms with Crippen LogP contribution in [0.2, 0.25) is 0 Å². The van der Waals surface area contributed by atoms with E-state index in [0.717, 1.165) is 43.5 Å². The number of ether oxygens (including phenoxy) is 4. The Morgan fingerprint density at radius 3 is 1.32 bits per heavy atom. The summed E-state index contributed by atoms with van der Waals surface area (Å²) in [4.78, 5) is 18.6. The van der Waals surface area contributed by atoms with Gasteiger partial charge in [0, 0.05) is 29.9 Å². The van der Waals surface area contributed by atoms with Gasteiger partial charge in [0.25, 0.3) is 0 Å². The third kappa shape index (κ3) is 9.40. The summed E-state index contributed by atoms with van der Waals surface area (Å²) >= 11 is 0. The molecule has 1 aliphatic carbocycles. The number of nitrogens with zero attached hydrogens (tertiary/aromatic N) is 4. The summed E-state index contributed by atoms with van der Waals surface area (Å²) in [6, 6.07) is 27.3. The average molecular weight is 599 g/mol. The lowest BCUT2D eigenvalue weighted by molar-refractivity contribution is 0.243. The van der Waals surface area contributed by atoms with Gasteiger partial charge >= 0.3 is 12.0 Å². The van der Waals surface area contributed by atoms with Crippen molar-refractivity contribution in [3.05, 3.63) is 95.8 Å². The van der Waals surface area contributed by atoms with Gasteiger partial charge in [-0.15, -0.1) is 0 Å². The maximum atomic E-state index is 5.91. The second-order valence-corrected chi connectivity index (χ2v) is 10.8. The minimum absolute atomic E-state index is 0.160. The van der Waals surface area contributed by atoms with Crippen LogP contribution in [0.4, 0.5) is 0 Å². The van der Waals surface area contributed by atoms with Crippen LogP contribution in [0.5, 0.6) is 23.8 Å². The topological polar surface area (TPSA) is 88.5 Å². The van der Waals surface area contributed by atoms with Crippen LogP contribution in [0.3, 0.4) is 0 Å². The number of aromatic nitrogens is 4. The van der Waals surface area contributed by atoms with E-state index in [-0.39, 0.29) is 17.8 Å². The minimum Gasteiger partial charge on any atom is -0.478 e. The van der Waals surface area contributed by atoms with Crippen LogP contribution in [-0.4, -0.2) is 46.4 Å². The van der Waals surface area contributed by atoms with Crippen molar-refractivity contribution in [2.24, 2.45) is 0 Å². The lowest BCUT2D eigenvalue weighted by Crippen LogP contribution is -2.33. The van der Waals surface area contributed by atoms with Crippen molar-refractivity contribution in [1.82, 2.24) is 19.9 Å². The number of hydrogen-bond acceptors (Lipinski definition) is 8. The van der Waals surface area contributed by atoms with Crippen LogP contribution in [0, 0.1) is 0 Å². The van der Waals surface area contributed by atoms with Crippen molar-refractivity contribution in [1.29, 1.82) is 0 Å². The normalized spacial score (nSPS) is 17.0. The number of benzene rings is 2. The molecule has 5 rings (SSSR count). The molecular formula is C36H46N4O4. The van der Waals surface area contributed by atoms with E-state index < -0.39 is 0 Å². The van der Waals surface area contributed by atoms with Crippen molar-refractivity contribution >= 4 is 0 Å². The van der Waals surface area contributed by atoms with Crippen LogP contribution < -0.4 is 18.9 Å².